The number of hydrogen-bond acceptors (Lipinski definition) is 1. The Bertz CT molecular complexity index is 1480. The molecule has 0 N–H and O–H groups in total. The van der Waals surface area contributed by atoms with Gasteiger partial charge in [0.1, 0.15) is 5.60 Å². The van der Waals surface area contributed by atoms with Gasteiger partial charge in [0.15, 0.2) is 8.32 Å². The molecule has 41 heavy (non-hydrogen) atoms. The number of rotatable bonds is 9. The second-order valence-corrected chi connectivity index (χ2v) is 16.7. The molecule has 0 heterocycles. The third-order valence-corrected chi connectivity index (χ3v) is 13.9. The number of allylic oxidation sites excluding steroid dienone is 2. The molecule has 0 bridgehead atoms. The van der Waals surface area contributed by atoms with E-state index in [9.17, 15) is 0 Å². The highest BCUT2D eigenvalue weighted by Crippen LogP contribution is 2.43. The second kappa shape index (κ2) is 11.8. The Morgan fingerprint density at radius 2 is 0.829 bits per heavy atom. The Morgan fingerprint density at radius 1 is 0.488 bits per heavy atom. The maximum atomic E-state index is 7.34. The Labute approximate surface area is 248 Å². The van der Waals surface area contributed by atoms with Crippen LogP contribution in [-0.4, -0.2) is 8.32 Å². The average molecular weight is 557 g/mol. The van der Waals surface area contributed by atoms with Crippen LogP contribution in [-0.2, 0) is 15.4 Å². The molecule has 0 atom stereocenters. The maximum Gasteiger partial charge on any atom is 0.194 e. The molecule has 0 fully saturated rings. The van der Waals surface area contributed by atoms with Crippen molar-refractivity contribution in [1.29, 1.82) is 0 Å². The van der Waals surface area contributed by atoms with Gasteiger partial charge in [0.05, 0.1) is 0 Å². The van der Waals surface area contributed by atoms with Crippen LogP contribution in [0.25, 0.3) is 22.3 Å². The van der Waals surface area contributed by atoms with Gasteiger partial charge < -0.3 is 4.43 Å². The Morgan fingerprint density at radius 3 is 1.20 bits per heavy atom. The minimum Gasteiger partial charge on any atom is -0.401 e. The van der Waals surface area contributed by atoms with Gasteiger partial charge in [-0.25, -0.2) is 0 Å². The summed E-state index contributed by atoms with van der Waals surface area (Å²) in [6.45, 7) is 13.5. The summed E-state index contributed by atoms with van der Waals surface area (Å²) in [6, 6.07) is 38.9. The van der Waals surface area contributed by atoms with E-state index in [-0.39, 0.29) is 5.41 Å². The zero-order chi connectivity index (χ0) is 29.1. The topological polar surface area (TPSA) is 9.23 Å². The van der Waals surface area contributed by atoms with E-state index < -0.39 is 13.9 Å². The SMILES string of the molecule is CC[Si](CC)(CC)OC1(c2ccc(-c3ccc(C)cc3)cc2)C=CC(C)(c2ccc(-c3ccc(C)cc3)cc2)C=C1. The lowest BCUT2D eigenvalue weighted by atomic mass is 9.74. The molecule has 5 rings (SSSR count). The second-order valence-electron chi connectivity index (χ2n) is 12.0. The van der Waals surface area contributed by atoms with Crippen LogP contribution in [0.4, 0.5) is 0 Å². The fourth-order valence-electron chi connectivity index (χ4n) is 5.98. The largest absolute Gasteiger partial charge is 0.401 e. The van der Waals surface area contributed by atoms with E-state index in [4.69, 9.17) is 4.43 Å². The molecule has 1 nitrogen and oxygen atoms in total. The normalized spacial score (nSPS) is 20.3. The van der Waals surface area contributed by atoms with Crippen LogP contribution in [0.5, 0.6) is 0 Å². The summed E-state index contributed by atoms with van der Waals surface area (Å²) in [5, 5.41) is 0. The third kappa shape index (κ3) is 5.96. The van der Waals surface area contributed by atoms with Crippen molar-refractivity contribution in [3.05, 3.63) is 144 Å². The van der Waals surface area contributed by atoms with E-state index in [1.165, 1.54) is 44.5 Å². The van der Waals surface area contributed by atoms with Crippen LogP contribution >= 0.6 is 0 Å². The lowest BCUT2D eigenvalue weighted by molar-refractivity contribution is 0.153. The quantitative estimate of drug-likeness (QED) is 0.147. The van der Waals surface area contributed by atoms with Crippen LogP contribution in [0.1, 0.15) is 49.9 Å². The summed E-state index contributed by atoms with van der Waals surface area (Å²) in [5.41, 5.74) is 9.27. The highest BCUT2D eigenvalue weighted by Gasteiger charge is 2.41. The van der Waals surface area contributed by atoms with Gasteiger partial charge in [-0.3, -0.25) is 0 Å². The molecule has 0 saturated carbocycles. The van der Waals surface area contributed by atoms with E-state index >= 15 is 0 Å². The summed E-state index contributed by atoms with van der Waals surface area (Å²) in [6.07, 6.45) is 9.40. The molecule has 0 saturated heterocycles. The fraction of sp³-hybridized carbons (Fsp3) is 0.282. The fourth-order valence-corrected chi connectivity index (χ4v) is 8.88. The molecule has 2 heteroatoms. The zero-order valence-electron chi connectivity index (χ0n) is 25.6. The zero-order valence-corrected chi connectivity index (χ0v) is 26.6. The van der Waals surface area contributed by atoms with Gasteiger partial charge in [0, 0.05) is 5.41 Å². The molecule has 0 unspecified atom stereocenters. The molecule has 4 aromatic rings. The summed E-state index contributed by atoms with van der Waals surface area (Å²) < 4.78 is 7.34. The highest BCUT2D eigenvalue weighted by atomic mass is 28.4. The predicted octanol–water partition coefficient (Wildman–Crippen LogP) is 10.9. The lowest BCUT2D eigenvalue weighted by Gasteiger charge is -2.43. The van der Waals surface area contributed by atoms with Crippen molar-refractivity contribution in [2.75, 3.05) is 0 Å². The summed E-state index contributed by atoms with van der Waals surface area (Å²) >= 11 is 0. The van der Waals surface area contributed by atoms with Crippen molar-refractivity contribution < 1.29 is 4.43 Å². The Balaban J connectivity index is 1.48. The van der Waals surface area contributed by atoms with Crippen molar-refractivity contribution in [2.24, 2.45) is 0 Å². The predicted molar refractivity (Wildman–Crippen MR) is 179 cm³/mol. The first-order valence-electron chi connectivity index (χ1n) is 15.2. The van der Waals surface area contributed by atoms with Crippen LogP contribution in [0.15, 0.2) is 121 Å². The van der Waals surface area contributed by atoms with Crippen molar-refractivity contribution in [3.63, 3.8) is 0 Å². The monoisotopic (exact) mass is 556 g/mol. The van der Waals surface area contributed by atoms with Gasteiger partial charge in [-0.15, -0.1) is 0 Å². The first-order valence-corrected chi connectivity index (χ1v) is 17.7. The van der Waals surface area contributed by atoms with E-state index in [1.54, 1.807) is 0 Å². The van der Waals surface area contributed by atoms with E-state index in [0.717, 1.165) is 18.1 Å². The van der Waals surface area contributed by atoms with Gasteiger partial charge in [-0.1, -0.05) is 141 Å². The number of hydrogen-bond donors (Lipinski definition) is 0. The minimum atomic E-state index is -1.92. The van der Waals surface area contributed by atoms with Gasteiger partial charge in [0.2, 0.25) is 0 Å². The first kappa shape index (κ1) is 29.0. The molecule has 4 aromatic carbocycles. The van der Waals surface area contributed by atoms with Crippen LogP contribution in [0.2, 0.25) is 18.1 Å². The Kier molecular flexibility index (Phi) is 8.36. The molecule has 1 aliphatic rings. The molecule has 210 valence electrons. The van der Waals surface area contributed by atoms with Crippen molar-refractivity contribution in [1.82, 2.24) is 0 Å². The van der Waals surface area contributed by atoms with Crippen molar-refractivity contribution in [2.45, 2.75) is 70.7 Å². The van der Waals surface area contributed by atoms with E-state index in [1.807, 2.05) is 0 Å². The smallest absolute Gasteiger partial charge is 0.194 e. The van der Waals surface area contributed by atoms with Crippen molar-refractivity contribution in [3.8, 4) is 22.3 Å². The van der Waals surface area contributed by atoms with Crippen LogP contribution in [0.3, 0.4) is 0 Å². The molecular weight excluding hydrogens is 513 g/mol. The third-order valence-electron chi connectivity index (χ3n) is 9.29. The highest BCUT2D eigenvalue weighted by molar-refractivity contribution is 6.73. The molecule has 0 spiro atoms. The molecule has 0 aliphatic heterocycles. The minimum absolute atomic E-state index is 0.199. The number of benzene rings is 4. The van der Waals surface area contributed by atoms with Gasteiger partial charge >= 0.3 is 0 Å². The molecule has 0 aromatic heterocycles. The standard InChI is InChI=1S/C39H44OSi/c1-7-41(8-2,9-3)40-39(37-24-20-35(21-25-37)33-16-12-31(5)13-17-33)28-26-38(6,27-29-39)36-22-18-34(19-23-36)32-14-10-30(4)11-15-32/h10-29H,7-9H2,1-6H3. The summed E-state index contributed by atoms with van der Waals surface area (Å²) in [5.74, 6) is 0. The van der Waals surface area contributed by atoms with E-state index in [0.29, 0.717) is 0 Å². The number of aryl methyl sites for hydroxylation is 2. The lowest BCUT2D eigenvalue weighted by Crippen LogP contribution is -2.45. The average Bonchev–Trinajstić information content (AvgIpc) is 3.02. The first-order chi connectivity index (χ1) is 19.7. The molecule has 0 radical (unpaired) electrons. The molecular formula is C39H44OSi. The van der Waals surface area contributed by atoms with Gasteiger partial charge in [-0.2, -0.15) is 0 Å². The van der Waals surface area contributed by atoms with Crippen LogP contribution in [0, 0.1) is 13.8 Å². The van der Waals surface area contributed by atoms with Gasteiger partial charge in [-0.05, 0) is 84.4 Å². The van der Waals surface area contributed by atoms with Crippen molar-refractivity contribution >= 4 is 8.32 Å². The summed E-state index contributed by atoms with van der Waals surface area (Å²) in [4.78, 5) is 0. The molecule has 1 aliphatic carbocycles. The van der Waals surface area contributed by atoms with Crippen LogP contribution < -0.4 is 0 Å². The molecule has 0 amide bonds. The van der Waals surface area contributed by atoms with E-state index in [2.05, 4.69) is 163 Å². The summed E-state index contributed by atoms with van der Waals surface area (Å²) in [7, 11) is -1.92. The Hall–Kier alpha value is -3.46. The maximum absolute atomic E-state index is 7.34. The van der Waals surface area contributed by atoms with Gasteiger partial charge in [0.25, 0.3) is 0 Å².